The van der Waals surface area contributed by atoms with Crippen molar-refractivity contribution in [1.82, 2.24) is 4.98 Å². The zero-order valence-corrected chi connectivity index (χ0v) is 10.4. The van der Waals surface area contributed by atoms with Crippen LogP contribution in [0.1, 0.15) is 23.2 Å². The Morgan fingerprint density at radius 2 is 2.39 bits per heavy atom. The lowest BCUT2D eigenvalue weighted by atomic mass is 10.1. The Labute approximate surface area is 106 Å². The first-order valence-corrected chi connectivity index (χ1v) is 5.95. The summed E-state index contributed by atoms with van der Waals surface area (Å²) in [4.78, 5) is 17.6. The smallest absolute Gasteiger partial charge is 0.251 e. The molecule has 2 heterocycles. The Hall–Kier alpha value is -1.82. The van der Waals surface area contributed by atoms with Crippen LogP contribution in [-0.2, 0) is 4.74 Å². The van der Waals surface area contributed by atoms with Gasteiger partial charge in [0.1, 0.15) is 5.82 Å². The number of piperidine rings is 1. The number of hydrogen-bond acceptors (Lipinski definition) is 5. The largest absolute Gasteiger partial charge is 0.384 e. The molecular formula is C12H18N4O2. The van der Waals surface area contributed by atoms with Crippen LogP contribution >= 0.6 is 0 Å². The first kappa shape index (κ1) is 12.6. The maximum absolute atomic E-state index is 11.4. The normalized spacial score (nSPS) is 19.8. The van der Waals surface area contributed by atoms with Crippen LogP contribution in [0.2, 0.25) is 0 Å². The van der Waals surface area contributed by atoms with Crippen LogP contribution in [0.4, 0.5) is 11.5 Å². The van der Waals surface area contributed by atoms with Crippen LogP contribution < -0.4 is 16.4 Å². The first-order chi connectivity index (χ1) is 8.61. The topological polar surface area (TPSA) is 94.5 Å². The van der Waals surface area contributed by atoms with Crippen molar-refractivity contribution in [3.05, 3.63) is 17.8 Å². The summed E-state index contributed by atoms with van der Waals surface area (Å²) in [6.45, 7) is 1.61. The molecule has 1 aliphatic rings. The summed E-state index contributed by atoms with van der Waals surface area (Å²) in [7, 11) is 1.70. The number of primary amides is 1. The number of ether oxygens (including phenoxy) is 1. The average molecular weight is 250 g/mol. The lowest BCUT2D eigenvalue weighted by Gasteiger charge is -2.34. The highest BCUT2D eigenvalue weighted by Gasteiger charge is 2.23. The van der Waals surface area contributed by atoms with Gasteiger partial charge in [-0.2, -0.15) is 0 Å². The summed E-state index contributed by atoms with van der Waals surface area (Å²) in [5, 5.41) is 0. The molecule has 18 heavy (non-hydrogen) atoms. The molecule has 1 atom stereocenters. The maximum atomic E-state index is 11.4. The van der Waals surface area contributed by atoms with E-state index < -0.39 is 5.91 Å². The Kier molecular flexibility index (Phi) is 3.66. The van der Waals surface area contributed by atoms with Crippen LogP contribution in [0.5, 0.6) is 0 Å². The Balaban J connectivity index is 2.29. The van der Waals surface area contributed by atoms with E-state index in [0.717, 1.165) is 31.6 Å². The molecule has 6 heteroatoms. The first-order valence-electron chi connectivity index (χ1n) is 5.95. The minimum absolute atomic E-state index is 0.178. The molecule has 0 saturated carbocycles. The van der Waals surface area contributed by atoms with Gasteiger partial charge in [-0.25, -0.2) is 4.98 Å². The second-order valence-electron chi connectivity index (χ2n) is 4.44. The van der Waals surface area contributed by atoms with E-state index >= 15 is 0 Å². The standard InChI is InChI=1S/C12H18N4O2/c1-18-8-3-2-4-16(7-8)10-6-15-11(13)5-9(10)12(14)17/h5-6,8H,2-4,7H2,1H3,(H2,13,15)(H2,14,17). The number of anilines is 2. The van der Waals surface area contributed by atoms with Gasteiger partial charge in [-0.05, 0) is 18.9 Å². The zero-order valence-electron chi connectivity index (χ0n) is 10.4. The second kappa shape index (κ2) is 5.22. The fraction of sp³-hybridized carbons (Fsp3) is 0.500. The molecule has 1 fully saturated rings. The van der Waals surface area contributed by atoms with Gasteiger partial charge in [0.25, 0.3) is 5.91 Å². The molecule has 4 N–H and O–H groups in total. The van der Waals surface area contributed by atoms with Crippen molar-refractivity contribution in [2.24, 2.45) is 5.73 Å². The number of carbonyl (C=O) groups excluding carboxylic acids is 1. The van der Waals surface area contributed by atoms with E-state index in [1.807, 2.05) is 0 Å². The summed E-state index contributed by atoms with van der Waals surface area (Å²) >= 11 is 0. The number of aromatic nitrogens is 1. The monoisotopic (exact) mass is 250 g/mol. The van der Waals surface area contributed by atoms with E-state index in [1.54, 1.807) is 13.3 Å². The lowest BCUT2D eigenvalue weighted by Crippen LogP contribution is -2.40. The zero-order chi connectivity index (χ0) is 13.1. The second-order valence-corrected chi connectivity index (χ2v) is 4.44. The number of amides is 1. The molecule has 1 saturated heterocycles. The van der Waals surface area contributed by atoms with E-state index in [1.165, 1.54) is 6.07 Å². The summed E-state index contributed by atoms with van der Waals surface area (Å²) < 4.78 is 5.36. The molecule has 0 spiro atoms. The summed E-state index contributed by atoms with van der Waals surface area (Å²) in [6.07, 6.45) is 3.83. The summed E-state index contributed by atoms with van der Waals surface area (Å²) in [5.41, 5.74) is 12.1. The summed E-state index contributed by atoms with van der Waals surface area (Å²) in [5.74, 6) is -0.188. The Bertz CT molecular complexity index is 450. The maximum Gasteiger partial charge on any atom is 0.251 e. The number of rotatable bonds is 3. The van der Waals surface area contributed by atoms with E-state index in [4.69, 9.17) is 16.2 Å². The summed E-state index contributed by atoms with van der Waals surface area (Å²) in [6, 6.07) is 1.52. The molecule has 1 amide bonds. The highest BCUT2D eigenvalue weighted by molar-refractivity contribution is 5.99. The van der Waals surface area contributed by atoms with Crippen molar-refractivity contribution in [3.8, 4) is 0 Å². The molecular weight excluding hydrogens is 232 g/mol. The molecule has 1 aromatic rings. The predicted octanol–water partition coefficient (Wildman–Crippen LogP) is 0.378. The molecule has 1 unspecified atom stereocenters. The van der Waals surface area contributed by atoms with Crippen LogP contribution in [0.15, 0.2) is 12.3 Å². The van der Waals surface area contributed by atoms with Crippen molar-refractivity contribution in [1.29, 1.82) is 0 Å². The van der Waals surface area contributed by atoms with Crippen molar-refractivity contribution in [2.45, 2.75) is 18.9 Å². The van der Waals surface area contributed by atoms with Crippen molar-refractivity contribution in [3.63, 3.8) is 0 Å². The molecule has 0 radical (unpaired) electrons. The fourth-order valence-corrected chi connectivity index (χ4v) is 2.26. The lowest BCUT2D eigenvalue weighted by molar-refractivity contribution is 0.0890. The SMILES string of the molecule is COC1CCCN(c2cnc(N)cc2C(N)=O)C1. The number of nitrogen functional groups attached to an aromatic ring is 1. The van der Waals surface area contributed by atoms with Crippen LogP contribution in [-0.4, -0.2) is 37.2 Å². The molecule has 2 rings (SSSR count). The number of methoxy groups -OCH3 is 1. The minimum atomic E-state index is -0.487. The predicted molar refractivity (Wildman–Crippen MR) is 69.4 cm³/mol. The molecule has 1 aliphatic heterocycles. The van der Waals surface area contributed by atoms with Gasteiger partial charge < -0.3 is 21.1 Å². The molecule has 6 nitrogen and oxygen atoms in total. The van der Waals surface area contributed by atoms with Gasteiger partial charge in [-0.3, -0.25) is 4.79 Å². The van der Waals surface area contributed by atoms with Gasteiger partial charge in [0, 0.05) is 20.2 Å². The van der Waals surface area contributed by atoms with Gasteiger partial charge in [0.2, 0.25) is 0 Å². The third-order valence-electron chi connectivity index (χ3n) is 3.22. The van der Waals surface area contributed by atoms with Gasteiger partial charge in [0.05, 0.1) is 23.6 Å². The van der Waals surface area contributed by atoms with Gasteiger partial charge in [0.15, 0.2) is 0 Å². The Morgan fingerprint density at radius 3 is 3.06 bits per heavy atom. The van der Waals surface area contributed by atoms with E-state index in [2.05, 4.69) is 9.88 Å². The molecule has 0 aliphatic carbocycles. The average Bonchev–Trinajstić information content (AvgIpc) is 2.38. The number of carbonyl (C=O) groups is 1. The number of nitrogens with zero attached hydrogens (tertiary/aromatic N) is 2. The van der Waals surface area contributed by atoms with Crippen molar-refractivity contribution >= 4 is 17.4 Å². The van der Waals surface area contributed by atoms with Gasteiger partial charge in [-0.1, -0.05) is 0 Å². The minimum Gasteiger partial charge on any atom is -0.384 e. The number of hydrogen-bond donors (Lipinski definition) is 2. The number of pyridine rings is 1. The molecule has 0 bridgehead atoms. The third-order valence-corrected chi connectivity index (χ3v) is 3.22. The van der Waals surface area contributed by atoms with Crippen molar-refractivity contribution < 1.29 is 9.53 Å². The molecule has 98 valence electrons. The van der Waals surface area contributed by atoms with Crippen LogP contribution in [0.25, 0.3) is 0 Å². The van der Waals surface area contributed by atoms with E-state index in [0.29, 0.717) is 11.4 Å². The van der Waals surface area contributed by atoms with Gasteiger partial charge in [-0.15, -0.1) is 0 Å². The quantitative estimate of drug-likeness (QED) is 0.808. The highest BCUT2D eigenvalue weighted by Crippen LogP contribution is 2.25. The van der Waals surface area contributed by atoms with Crippen LogP contribution in [0, 0.1) is 0 Å². The fourth-order valence-electron chi connectivity index (χ4n) is 2.26. The van der Waals surface area contributed by atoms with Crippen molar-refractivity contribution in [2.75, 3.05) is 30.8 Å². The van der Waals surface area contributed by atoms with E-state index in [9.17, 15) is 4.79 Å². The highest BCUT2D eigenvalue weighted by atomic mass is 16.5. The number of nitrogens with two attached hydrogens (primary N) is 2. The molecule has 0 aromatic carbocycles. The third kappa shape index (κ3) is 2.53. The van der Waals surface area contributed by atoms with Gasteiger partial charge >= 0.3 is 0 Å². The Morgan fingerprint density at radius 1 is 1.61 bits per heavy atom. The molecule has 1 aromatic heterocycles. The van der Waals surface area contributed by atoms with E-state index in [-0.39, 0.29) is 6.10 Å². The van der Waals surface area contributed by atoms with Crippen LogP contribution in [0.3, 0.4) is 0 Å².